The highest BCUT2D eigenvalue weighted by molar-refractivity contribution is 7.88. The highest BCUT2D eigenvalue weighted by Gasteiger charge is 2.23. The molecule has 2 aromatic rings. The molecule has 1 aromatic carbocycles. The van der Waals surface area contributed by atoms with E-state index in [1.54, 1.807) is 30.0 Å². The summed E-state index contributed by atoms with van der Waals surface area (Å²) in [7, 11) is -1.64. The van der Waals surface area contributed by atoms with Crippen LogP contribution in [0.25, 0.3) is 11.4 Å². The van der Waals surface area contributed by atoms with Gasteiger partial charge in [-0.05, 0) is 43.3 Å². The van der Waals surface area contributed by atoms with E-state index in [4.69, 9.17) is 28.6 Å². The molecule has 11 heteroatoms. The summed E-state index contributed by atoms with van der Waals surface area (Å²) in [6.45, 7) is 1.97. The van der Waals surface area contributed by atoms with Crippen molar-refractivity contribution in [2.24, 2.45) is 0 Å². The molecule has 3 rings (SSSR count). The average molecular weight is 432 g/mol. The van der Waals surface area contributed by atoms with Crippen molar-refractivity contribution in [1.29, 1.82) is 0 Å². The van der Waals surface area contributed by atoms with Crippen LogP contribution < -0.4 is 9.46 Å². The Labute approximate surface area is 168 Å². The monoisotopic (exact) mass is 431 g/mol. The van der Waals surface area contributed by atoms with E-state index >= 15 is 0 Å². The van der Waals surface area contributed by atoms with Crippen LogP contribution in [-0.2, 0) is 16.7 Å². The molecule has 0 radical (unpaired) electrons. The lowest BCUT2D eigenvalue weighted by atomic mass is 10.1. The van der Waals surface area contributed by atoms with Gasteiger partial charge in [-0.15, -0.1) is 0 Å². The Bertz CT molecular complexity index is 973. The van der Waals surface area contributed by atoms with Crippen LogP contribution in [0, 0.1) is 4.77 Å². The second-order valence-electron chi connectivity index (χ2n) is 6.58. The number of hydrogen-bond donors (Lipinski definition) is 2. The smallest absolute Gasteiger partial charge is 0.217 e. The molecule has 8 nitrogen and oxygen atoms in total. The third-order valence-electron chi connectivity index (χ3n) is 4.32. The van der Waals surface area contributed by atoms with Crippen molar-refractivity contribution in [3.8, 4) is 17.1 Å². The number of nitrogens with zero attached hydrogens (tertiary/aromatic N) is 3. The molecule has 0 saturated carbocycles. The fourth-order valence-corrected chi connectivity index (χ4v) is 4.39. The van der Waals surface area contributed by atoms with Gasteiger partial charge in [0.05, 0.1) is 25.6 Å². The lowest BCUT2D eigenvalue weighted by Gasteiger charge is -2.32. The molecule has 1 atom stereocenters. The number of benzene rings is 1. The standard InChI is InChI=1S/C16H22ClN5O3S2/c1-25-14-6-5-11(17)8-13(14)15-18-16(26)22(19-15)10-21-7-3-4-12(9-21)20-27(2,23)24/h5-6,8,12,20H,3-4,7,9-10H2,1-2H3,(H,18,19,26). The summed E-state index contributed by atoms with van der Waals surface area (Å²) in [6.07, 6.45) is 2.91. The van der Waals surface area contributed by atoms with Crippen LogP contribution in [0.5, 0.6) is 5.75 Å². The van der Waals surface area contributed by atoms with Crippen molar-refractivity contribution in [3.63, 3.8) is 0 Å². The number of piperidine rings is 1. The van der Waals surface area contributed by atoms with E-state index in [1.165, 1.54) is 6.26 Å². The Balaban J connectivity index is 1.78. The highest BCUT2D eigenvalue weighted by Crippen LogP contribution is 2.30. The van der Waals surface area contributed by atoms with E-state index in [0.29, 0.717) is 34.6 Å². The zero-order chi connectivity index (χ0) is 19.6. The van der Waals surface area contributed by atoms with Gasteiger partial charge in [-0.1, -0.05) is 11.6 Å². The van der Waals surface area contributed by atoms with Crippen molar-refractivity contribution < 1.29 is 13.2 Å². The van der Waals surface area contributed by atoms with E-state index in [0.717, 1.165) is 24.9 Å². The molecule has 148 valence electrons. The van der Waals surface area contributed by atoms with Gasteiger partial charge >= 0.3 is 0 Å². The normalized spacial score (nSPS) is 18.6. The molecule has 27 heavy (non-hydrogen) atoms. The fraction of sp³-hybridized carbons (Fsp3) is 0.500. The van der Waals surface area contributed by atoms with E-state index in [-0.39, 0.29) is 6.04 Å². The number of ether oxygens (including phenoxy) is 1. The second-order valence-corrected chi connectivity index (χ2v) is 9.16. The Morgan fingerprint density at radius 2 is 2.26 bits per heavy atom. The maximum atomic E-state index is 11.5. The molecule has 1 saturated heterocycles. The van der Waals surface area contributed by atoms with Gasteiger partial charge in [-0.3, -0.25) is 10.00 Å². The molecule has 1 aliphatic heterocycles. The van der Waals surface area contributed by atoms with Gasteiger partial charge in [0.15, 0.2) is 5.82 Å². The first-order valence-electron chi connectivity index (χ1n) is 8.45. The van der Waals surface area contributed by atoms with Crippen molar-refractivity contribution >= 4 is 33.8 Å². The number of likely N-dealkylation sites (tertiary alicyclic amines) is 1. The molecule has 2 heterocycles. The number of aromatic amines is 1. The zero-order valence-corrected chi connectivity index (χ0v) is 17.5. The maximum absolute atomic E-state index is 11.5. The Kier molecular flexibility index (Phi) is 6.21. The van der Waals surface area contributed by atoms with Crippen LogP contribution in [-0.4, -0.2) is 60.6 Å². The van der Waals surface area contributed by atoms with Gasteiger partial charge in [-0.25, -0.2) is 17.8 Å². The van der Waals surface area contributed by atoms with Crippen molar-refractivity contribution in [2.75, 3.05) is 26.5 Å². The molecular weight excluding hydrogens is 410 g/mol. The third-order valence-corrected chi connectivity index (χ3v) is 5.63. The molecule has 0 amide bonds. The van der Waals surface area contributed by atoms with Gasteiger partial charge in [0, 0.05) is 24.2 Å². The molecule has 0 bridgehead atoms. The predicted octanol–water partition coefficient (Wildman–Crippen LogP) is 2.24. The summed E-state index contributed by atoms with van der Waals surface area (Å²) in [5.41, 5.74) is 0.727. The largest absolute Gasteiger partial charge is 0.496 e. The number of nitrogens with one attached hydrogen (secondary N) is 2. The molecule has 1 unspecified atom stereocenters. The Morgan fingerprint density at radius 1 is 1.48 bits per heavy atom. The summed E-state index contributed by atoms with van der Waals surface area (Å²) in [6, 6.07) is 5.20. The van der Waals surface area contributed by atoms with Crippen LogP contribution in [0.4, 0.5) is 0 Å². The van der Waals surface area contributed by atoms with Gasteiger partial charge < -0.3 is 4.74 Å². The number of aromatic nitrogens is 3. The number of halogens is 1. The van der Waals surface area contributed by atoms with Gasteiger partial charge in [0.1, 0.15) is 5.75 Å². The Hall–Kier alpha value is -1.46. The molecule has 0 spiro atoms. The topological polar surface area (TPSA) is 92.2 Å². The predicted molar refractivity (Wildman–Crippen MR) is 107 cm³/mol. The first kappa shape index (κ1) is 20.3. The maximum Gasteiger partial charge on any atom is 0.217 e. The average Bonchev–Trinajstić information content (AvgIpc) is 2.94. The van der Waals surface area contributed by atoms with Crippen LogP contribution in [0.2, 0.25) is 5.02 Å². The summed E-state index contributed by atoms with van der Waals surface area (Å²) >= 11 is 11.5. The van der Waals surface area contributed by atoms with Gasteiger partial charge in [0.2, 0.25) is 14.8 Å². The number of H-pyrrole nitrogens is 1. The van der Waals surface area contributed by atoms with Crippen LogP contribution >= 0.6 is 23.8 Å². The quantitative estimate of drug-likeness (QED) is 0.681. The SMILES string of the molecule is COc1ccc(Cl)cc1-c1nc(=S)n(CN2CCCC(NS(C)(=O)=O)C2)[nH]1. The van der Waals surface area contributed by atoms with Crippen LogP contribution in [0.15, 0.2) is 18.2 Å². The molecule has 2 N–H and O–H groups in total. The zero-order valence-electron chi connectivity index (χ0n) is 15.1. The summed E-state index contributed by atoms with van der Waals surface area (Å²) in [4.78, 5) is 6.56. The second kappa shape index (κ2) is 8.27. The van der Waals surface area contributed by atoms with Gasteiger partial charge in [-0.2, -0.15) is 4.98 Å². The summed E-state index contributed by atoms with van der Waals surface area (Å²) < 4.78 is 33.2. The molecular formula is C16H22ClN5O3S2. The first-order chi connectivity index (χ1) is 12.7. The van der Waals surface area contributed by atoms with E-state index < -0.39 is 10.0 Å². The lowest BCUT2D eigenvalue weighted by Crippen LogP contribution is -2.47. The molecule has 1 aliphatic rings. The lowest BCUT2D eigenvalue weighted by molar-refractivity contribution is 0.153. The minimum absolute atomic E-state index is 0.0988. The van der Waals surface area contributed by atoms with Crippen molar-refractivity contribution in [1.82, 2.24) is 24.4 Å². The summed E-state index contributed by atoms with van der Waals surface area (Å²) in [5.74, 6) is 1.22. The number of hydrogen-bond acceptors (Lipinski definition) is 6. The number of methoxy groups -OCH3 is 1. The van der Waals surface area contributed by atoms with E-state index in [1.807, 2.05) is 0 Å². The van der Waals surface area contributed by atoms with Crippen LogP contribution in [0.1, 0.15) is 12.8 Å². The molecule has 1 aromatic heterocycles. The molecule has 0 aliphatic carbocycles. The summed E-state index contributed by atoms with van der Waals surface area (Å²) in [5, 5.41) is 3.77. The highest BCUT2D eigenvalue weighted by atomic mass is 35.5. The minimum Gasteiger partial charge on any atom is -0.496 e. The minimum atomic E-state index is -3.22. The van der Waals surface area contributed by atoms with Crippen LogP contribution in [0.3, 0.4) is 0 Å². The Morgan fingerprint density at radius 3 is 2.96 bits per heavy atom. The van der Waals surface area contributed by atoms with Crippen molar-refractivity contribution in [3.05, 3.63) is 28.0 Å². The number of sulfonamides is 1. The third kappa shape index (κ3) is 5.29. The molecule has 1 fully saturated rings. The fourth-order valence-electron chi connectivity index (χ4n) is 3.22. The van der Waals surface area contributed by atoms with Crippen molar-refractivity contribution in [2.45, 2.75) is 25.6 Å². The van der Waals surface area contributed by atoms with Gasteiger partial charge in [0.25, 0.3) is 0 Å². The number of rotatable bonds is 6. The van der Waals surface area contributed by atoms with E-state index in [9.17, 15) is 8.42 Å². The van der Waals surface area contributed by atoms with E-state index in [2.05, 4.69) is 19.7 Å². The first-order valence-corrected chi connectivity index (χ1v) is 11.1.